The molecule has 0 saturated carbocycles. The van der Waals surface area contributed by atoms with Crippen molar-refractivity contribution in [1.29, 1.82) is 0 Å². The van der Waals surface area contributed by atoms with Gasteiger partial charge in [0.25, 0.3) is 0 Å². The van der Waals surface area contributed by atoms with Gasteiger partial charge in [-0.25, -0.2) is 0 Å². The average Bonchev–Trinajstić information content (AvgIpc) is 3.36. The number of ether oxygens (including phenoxy) is 4. The molecule has 404 valence electrons. The van der Waals surface area contributed by atoms with Crippen LogP contribution in [-0.2, 0) is 23.7 Å². The molecule has 0 aromatic heterocycles. The molecular formula is C61H106O9. The number of carbonyl (C=O) groups is 1. The lowest BCUT2D eigenvalue weighted by Gasteiger charge is -2.39. The second kappa shape index (κ2) is 51.3. The van der Waals surface area contributed by atoms with Crippen LogP contribution in [0, 0.1) is 0 Å². The number of aliphatic hydroxyl groups excluding tert-OH is 4. The fourth-order valence-electron chi connectivity index (χ4n) is 8.37. The Morgan fingerprint density at radius 1 is 0.471 bits per heavy atom. The second-order valence-electron chi connectivity index (χ2n) is 19.4. The minimum atomic E-state index is -1.54. The summed E-state index contributed by atoms with van der Waals surface area (Å²) in [6, 6.07) is 0. The maximum atomic E-state index is 12.9. The van der Waals surface area contributed by atoms with E-state index in [1.807, 2.05) is 0 Å². The molecule has 1 saturated heterocycles. The largest absolute Gasteiger partial charge is 0.457 e. The monoisotopic (exact) mass is 983 g/mol. The molecule has 6 atom stereocenters. The van der Waals surface area contributed by atoms with Crippen LogP contribution in [0.3, 0.4) is 0 Å². The zero-order chi connectivity index (χ0) is 50.6. The molecule has 1 rings (SSSR count). The molecule has 1 fully saturated rings. The molecule has 0 aromatic rings. The molecule has 1 heterocycles. The Kier molecular flexibility index (Phi) is 47.9. The van der Waals surface area contributed by atoms with E-state index in [2.05, 4.69) is 98.9 Å². The Morgan fingerprint density at radius 2 is 0.871 bits per heavy atom. The summed E-state index contributed by atoms with van der Waals surface area (Å²) in [5.41, 5.74) is 0. The van der Waals surface area contributed by atoms with Crippen LogP contribution >= 0.6 is 0 Å². The quantitative estimate of drug-likeness (QED) is 0.0267. The first-order valence-electron chi connectivity index (χ1n) is 28.7. The Morgan fingerprint density at radius 3 is 1.33 bits per heavy atom. The third-order valence-electron chi connectivity index (χ3n) is 12.8. The number of esters is 1. The van der Waals surface area contributed by atoms with Crippen LogP contribution in [0.5, 0.6) is 0 Å². The highest BCUT2D eigenvalue weighted by atomic mass is 16.7. The van der Waals surface area contributed by atoms with Crippen LogP contribution in [0.1, 0.15) is 232 Å². The van der Waals surface area contributed by atoms with Gasteiger partial charge in [0.15, 0.2) is 6.29 Å². The van der Waals surface area contributed by atoms with Crippen molar-refractivity contribution < 1.29 is 44.2 Å². The smallest absolute Gasteiger partial charge is 0.306 e. The van der Waals surface area contributed by atoms with E-state index in [9.17, 15) is 25.2 Å². The van der Waals surface area contributed by atoms with Gasteiger partial charge in [0, 0.05) is 13.0 Å². The van der Waals surface area contributed by atoms with Gasteiger partial charge in [-0.1, -0.05) is 221 Å². The Balaban J connectivity index is 2.18. The van der Waals surface area contributed by atoms with Crippen molar-refractivity contribution in [1.82, 2.24) is 0 Å². The number of allylic oxidation sites excluding steroid dienone is 14. The molecular weight excluding hydrogens is 877 g/mol. The summed E-state index contributed by atoms with van der Waals surface area (Å²) in [7, 11) is 0. The van der Waals surface area contributed by atoms with E-state index >= 15 is 0 Å². The predicted octanol–water partition coefficient (Wildman–Crippen LogP) is 14.9. The molecule has 1 aliphatic heterocycles. The van der Waals surface area contributed by atoms with Gasteiger partial charge < -0.3 is 39.4 Å². The summed E-state index contributed by atoms with van der Waals surface area (Å²) >= 11 is 0. The van der Waals surface area contributed by atoms with Gasteiger partial charge in [-0.3, -0.25) is 4.79 Å². The van der Waals surface area contributed by atoms with Gasteiger partial charge in [-0.15, -0.1) is 0 Å². The van der Waals surface area contributed by atoms with Crippen molar-refractivity contribution in [2.75, 3.05) is 26.4 Å². The fraction of sp³-hybridized carbons (Fsp3) is 0.754. The summed E-state index contributed by atoms with van der Waals surface area (Å²) in [6.07, 6.45) is 63.4. The first-order valence-corrected chi connectivity index (χ1v) is 28.7. The molecule has 1 aliphatic rings. The molecule has 0 aromatic carbocycles. The summed E-state index contributed by atoms with van der Waals surface area (Å²) < 4.78 is 23.0. The molecule has 9 heteroatoms. The van der Waals surface area contributed by atoms with Gasteiger partial charge in [0.2, 0.25) is 0 Å². The van der Waals surface area contributed by atoms with Crippen molar-refractivity contribution in [3.05, 3.63) is 85.1 Å². The van der Waals surface area contributed by atoms with Crippen LogP contribution in [0.15, 0.2) is 85.1 Å². The summed E-state index contributed by atoms with van der Waals surface area (Å²) in [5, 5.41) is 40.4. The van der Waals surface area contributed by atoms with Crippen LogP contribution in [-0.4, -0.2) is 89.6 Å². The SMILES string of the molecule is CC/C=C\C/C=C\C/C=C\C/C=C\C/C=C\C/C=C\CCCCCCCCCOCC(COC1OC(CO)C(O)C(O)C1O)OC(=O)CCCCCCCCCCC/C=C\CCCCCCCCCC. The maximum absolute atomic E-state index is 12.9. The van der Waals surface area contributed by atoms with E-state index in [0.717, 1.165) is 83.5 Å². The van der Waals surface area contributed by atoms with Crippen molar-refractivity contribution in [2.24, 2.45) is 0 Å². The minimum Gasteiger partial charge on any atom is -0.457 e. The molecule has 0 amide bonds. The third kappa shape index (κ3) is 40.9. The van der Waals surface area contributed by atoms with Crippen LogP contribution < -0.4 is 0 Å². The lowest BCUT2D eigenvalue weighted by atomic mass is 9.99. The standard InChI is InChI=1S/C61H106O9/c1-3-5-7-9-11-13-15-17-19-21-23-25-26-27-28-29-31-33-35-37-39-41-43-45-47-49-51-67-53-55(54-68-61-60(66)59(65)58(64)56(52-62)70-61)69-57(63)50-48-46-44-42-40-38-36-34-32-30-24-22-20-18-16-14-12-10-8-6-4-2/h5,7,11,13,17,19,22-25,27-28,31,33,55-56,58-62,64-66H,3-4,6,8-10,12,14-16,18,20-21,26,29-30,32,34-54H2,1-2H3/b7-5-,13-11-,19-17-,24-22-,25-23-,28-27-,33-31-. The Labute approximate surface area is 429 Å². The highest BCUT2D eigenvalue weighted by molar-refractivity contribution is 5.69. The van der Waals surface area contributed by atoms with E-state index in [1.54, 1.807) is 0 Å². The maximum Gasteiger partial charge on any atom is 0.306 e. The Hall–Kier alpha value is -2.63. The number of hydrogen-bond acceptors (Lipinski definition) is 9. The first-order chi connectivity index (χ1) is 34.4. The van der Waals surface area contributed by atoms with Crippen molar-refractivity contribution in [2.45, 2.75) is 269 Å². The molecule has 0 bridgehead atoms. The molecule has 70 heavy (non-hydrogen) atoms. The molecule has 6 unspecified atom stereocenters. The lowest BCUT2D eigenvalue weighted by Crippen LogP contribution is -2.59. The Bertz CT molecular complexity index is 1350. The molecule has 9 nitrogen and oxygen atoms in total. The van der Waals surface area contributed by atoms with Crippen molar-refractivity contribution >= 4 is 5.97 Å². The van der Waals surface area contributed by atoms with Gasteiger partial charge in [0.1, 0.15) is 30.5 Å². The zero-order valence-electron chi connectivity index (χ0n) is 44.7. The van der Waals surface area contributed by atoms with Gasteiger partial charge in [-0.05, 0) is 89.9 Å². The number of carbonyl (C=O) groups excluding carboxylic acids is 1. The van der Waals surface area contributed by atoms with Gasteiger partial charge in [0.05, 0.1) is 19.8 Å². The van der Waals surface area contributed by atoms with E-state index < -0.39 is 43.4 Å². The van der Waals surface area contributed by atoms with E-state index in [0.29, 0.717) is 13.0 Å². The van der Waals surface area contributed by atoms with Crippen molar-refractivity contribution in [3.63, 3.8) is 0 Å². The topological polar surface area (TPSA) is 135 Å². The fourth-order valence-corrected chi connectivity index (χ4v) is 8.37. The number of unbranched alkanes of at least 4 members (excludes halogenated alkanes) is 24. The molecule has 0 aliphatic carbocycles. The second-order valence-corrected chi connectivity index (χ2v) is 19.4. The summed E-state index contributed by atoms with van der Waals surface area (Å²) in [4.78, 5) is 12.9. The van der Waals surface area contributed by atoms with E-state index in [-0.39, 0.29) is 19.2 Å². The normalized spacial score (nSPS) is 19.5. The number of rotatable bonds is 49. The van der Waals surface area contributed by atoms with Crippen LogP contribution in [0.4, 0.5) is 0 Å². The summed E-state index contributed by atoms with van der Waals surface area (Å²) in [6.45, 7) is 4.43. The first kappa shape index (κ1) is 65.4. The van der Waals surface area contributed by atoms with Crippen molar-refractivity contribution in [3.8, 4) is 0 Å². The average molecular weight is 984 g/mol. The van der Waals surface area contributed by atoms with Crippen LogP contribution in [0.25, 0.3) is 0 Å². The lowest BCUT2D eigenvalue weighted by molar-refractivity contribution is -0.305. The molecule has 4 N–H and O–H groups in total. The van der Waals surface area contributed by atoms with Crippen LogP contribution in [0.2, 0.25) is 0 Å². The van der Waals surface area contributed by atoms with Gasteiger partial charge >= 0.3 is 5.97 Å². The van der Waals surface area contributed by atoms with E-state index in [4.69, 9.17) is 18.9 Å². The predicted molar refractivity (Wildman–Crippen MR) is 293 cm³/mol. The molecule has 0 radical (unpaired) electrons. The number of hydrogen-bond donors (Lipinski definition) is 4. The summed E-state index contributed by atoms with van der Waals surface area (Å²) in [5.74, 6) is -0.321. The highest BCUT2D eigenvalue weighted by Gasteiger charge is 2.44. The van der Waals surface area contributed by atoms with E-state index in [1.165, 1.54) is 128 Å². The number of aliphatic hydroxyl groups is 4. The highest BCUT2D eigenvalue weighted by Crippen LogP contribution is 2.23. The molecule has 0 spiro atoms. The zero-order valence-corrected chi connectivity index (χ0v) is 44.7. The van der Waals surface area contributed by atoms with Gasteiger partial charge in [-0.2, -0.15) is 0 Å². The minimum absolute atomic E-state index is 0.122. The third-order valence-corrected chi connectivity index (χ3v) is 12.8.